The quantitative estimate of drug-likeness (QED) is 0.753. The summed E-state index contributed by atoms with van der Waals surface area (Å²) in [4.78, 5) is 18.7. The molecule has 2 atom stereocenters. The highest BCUT2D eigenvalue weighted by molar-refractivity contribution is 7.84. The number of nitrogens with two attached hydrogens (primary N) is 1. The number of nitrogens with zero attached hydrogens (tertiary/aromatic N) is 2. The standard InChI is InChI=1S/C8H11N3O2S/c1-5(8(9)12)6-3-11-7(4-10-6)14(2)13/h3-5H,1-2H3,(H2,9,12). The molecule has 76 valence electrons. The van der Waals surface area contributed by atoms with Gasteiger partial charge in [-0.05, 0) is 6.92 Å². The normalized spacial score (nSPS) is 14.7. The van der Waals surface area contributed by atoms with Crippen LogP contribution in [-0.2, 0) is 15.6 Å². The van der Waals surface area contributed by atoms with Crippen LogP contribution in [0, 0.1) is 0 Å². The summed E-state index contributed by atoms with van der Waals surface area (Å²) in [5, 5.41) is 0.394. The van der Waals surface area contributed by atoms with Crippen molar-refractivity contribution in [1.82, 2.24) is 9.97 Å². The van der Waals surface area contributed by atoms with Crippen molar-refractivity contribution in [2.24, 2.45) is 5.73 Å². The van der Waals surface area contributed by atoms with E-state index >= 15 is 0 Å². The SMILES string of the molecule is CC(C(N)=O)c1cnc(S(C)=O)cn1. The van der Waals surface area contributed by atoms with Gasteiger partial charge >= 0.3 is 0 Å². The molecule has 2 N–H and O–H groups in total. The van der Waals surface area contributed by atoms with Crippen molar-refractivity contribution in [2.75, 3.05) is 6.26 Å². The van der Waals surface area contributed by atoms with Gasteiger partial charge in [0, 0.05) is 6.26 Å². The number of rotatable bonds is 3. The highest BCUT2D eigenvalue weighted by atomic mass is 32.2. The van der Waals surface area contributed by atoms with E-state index in [-0.39, 0.29) is 0 Å². The summed E-state index contributed by atoms with van der Waals surface area (Å²) < 4.78 is 11.0. The number of carbonyl (C=O) groups is 1. The molecule has 0 aliphatic rings. The van der Waals surface area contributed by atoms with Gasteiger partial charge in [0.15, 0.2) is 0 Å². The summed E-state index contributed by atoms with van der Waals surface area (Å²) in [5.74, 6) is -0.925. The zero-order chi connectivity index (χ0) is 10.7. The lowest BCUT2D eigenvalue weighted by Crippen LogP contribution is -2.19. The first-order valence-corrected chi connectivity index (χ1v) is 5.53. The van der Waals surface area contributed by atoms with Crippen LogP contribution < -0.4 is 5.73 Å². The van der Waals surface area contributed by atoms with Gasteiger partial charge in [-0.25, -0.2) is 4.98 Å². The van der Waals surface area contributed by atoms with E-state index in [1.54, 1.807) is 6.92 Å². The molecule has 0 radical (unpaired) electrons. The third-order valence-electron chi connectivity index (χ3n) is 1.81. The number of hydrogen-bond donors (Lipinski definition) is 1. The molecule has 0 fully saturated rings. The van der Waals surface area contributed by atoms with Crippen molar-refractivity contribution in [3.05, 3.63) is 18.1 Å². The summed E-state index contributed by atoms with van der Waals surface area (Å²) in [7, 11) is -1.15. The van der Waals surface area contributed by atoms with Crippen molar-refractivity contribution in [3.63, 3.8) is 0 Å². The maximum Gasteiger partial charge on any atom is 0.226 e. The Morgan fingerprint density at radius 3 is 2.50 bits per heavy atom. The van der Waals surface area contributed by atoms with Crippen molar-refractivity contribution >= 4 is 16.7 Å². The summed E-state index contributed by atoms with van der Waals surface area (Å²) in [6.45, 7) is 1.65. The zero-order valence-corrected chi connectivity index (χ0v) is 8.75. The van der Waals surface area contributed by atoms with Crippen LogP contribution in [0.25, 0.3) is 0 Å². The molecule has 0 aliphatic carbocycles. The first-order valence-electron chi connectivity index (χ1n) is 3.97. The molecule has 1 rings (SSSR count). The minimum atomic E-state index is -1.15. The molecule has 0 saturated carbocycles. The topological polar surface area (TPSA) is 85.9 Å². The molecular formula is C8H11N3O2S. The molecule has 1 heterocycles. The molecule has 0 spiro atoms. The van der Waals surface area contributed by atoms with E-state index in [0.29, 0.717) is 10.7 Å². The molecule has 1 aromatic heterocycles. The van der Waals surface area contributed by atoms with Gasteiger partial charge < -0.3 is 5.73 Å². The predicted octanol–water partition coefficient (Wildman–Crippen LogP) is -0.197. The van der Waals surface area contributed by atoms with E-state index in [1.165, 1.54) is 18.6 Å². The largest absolute Gasteiger partial charge is 0.369 e. The maximum atomic E-state index is 11.0. The molecule has 14 heavy (non-hydrogen) atoms. The van der Waals surface area contributed by atoms with Crippen LogP contribution in [0.1, 0.15) is 18.5 Å². The minimum Gasteiger partial charge on any atom is -0.369 e. The van der Waals surface area contributed by atoms with Gasteiger partial charge in [-0.15, -0.1) is 0 Å². The first kappa shape index (κ1) is 10.8. The number of aromatic nitrogens is 2. The molecule has 0 aliphatic heterocycles. The van der Waals surface area contributed by atoms with E-state index in [4.69, 9.17) is 5.73 Å². The second kappa shape index (κ2) is 4.28. The Morgan fingerprint density at radius 1 is 1.50 bits per heavy atom. The summed E-state index contributed by atoms with van der Waals surface area (Å²) >= 11 is 0. The summed E-state index contributed by atoms with van der Waals surface area (Å²) in [6, 6.07) is 0. The molecule has 0 saturated heterocycles. The minimum absolute atomic E-state index is 0.394. The Kier molecular flexibility index (Phi) is 3.29. The Labute approximate surface area is 84.2 Å². The van der Waals surface area contributed by atoms with E-state index < -0.39 is 22.6 Å². The van der Waals surface area contributed by atoms with Gasteiger partial charge in [0.05, 0.1) is 34.8 Å². The van der Waals surface area contributed by atoms with E-state index in [9.17, 15) is 9.00 Å². The molecular weight excluding hydrogens is 202 g/mol. The second-order valence-electron chi connectivity index (χ2n) is 2.86. The van der Waals surface area contributed by atoms with Crippen LogP contribution in [0.2, 0.25) is 0 Å². The third-order valence-corrected chi connectivity index (χ3v) is 2.61. The van der Waals surface area contributed by atoms with Crippen LogP contribution in [0.4, 0.5) is 0 Å². The first-order chi connectivity index (χ1) is 6.52. The molecule has 1 amide bonds. The molecule has 5 nitrogen and oxygen atoms in total. The van der Waals surface area contributed by atoms with Crippen molar-refractivity contribution in [1.29, 1.82) is 0 Å². The maximum absolute atomic E-state index is 11.0. The molecule has 0 aromatic carbocycles. The zero-order valence-electron chi connectivity index (χ0n) is 7.93. The Morgan fingerprint density at radius 2 is 2.14 bits per heavy atom. The lowest BCUT2D eigenvalue weighted by atomic mass is 10.1. The van der Waals surface area contributed by atoms with Crippen LogP contribution in [0.5, 0.6) is 0 Å². The van der Waals surface area contributed by atoms with Gasteiger partial charge in [-0.1, -0.05) is 0 Å². The van der Waals surface area contributed by atoms with E-state index in [1.807, 2.05) is 0 Å². The summed E-state index contributed by atoms with van der Waals surface area (Å²) in [5.41, 5.74) is 5.59. The van der Waals surface area contributed by atoms with Crippen molar-refractivity contribution in [3.8, 4) is 0 Å². The van der Waals surface area contributed by atoms with Gasteiger partial charge in [0.25, 0.3) is 0 Å². The highest BCUT2D eigenvalue weighted by Crippen LogP contribution is 2.10. The average molecular weight is 213 g/mol. The summed E-state index contributed by atoms with van der Waals surface area (Å²) in [6.07, 6.45) is 4.33. The van der Waals surface area contributed by atoms with Crippen molar-refractivity contribution in [2.45, 2.75) is 17.9 Å². The fourth-order valence-corrected chi connectivity index (χ4v) is 1.25. The molecule has 1 aromatic rings. The van der Waals surface area contributed by atoms with Crippen LogP contribution in [0.15, 0.2) is 17.4 Å². The smallest absolute Gasteiger partial charge is 0.226 e. The third kappa shape index (κ3) is 2.35. The monoisotopic (exact) mass is 213 g/mol. The van der Waals surface area contributed by atoms with Gasteiger partial charge in [0.2, 0.25) is 5.91 Å². The lowest BCUT2D eigenvalue weighted by Gasteiger charge is -2.05. The van der Waals surface area contributed by atoms with Crippen LogP contribution >= 0.6 is 0 Å². The van der Waals surface area contributed by atoms with Gasteiger partial charge in [-0.3, -0.25) is 14.0 Å². The molecule has 6 heteroatoms. The number of primary amides is 1. The molecule has 0 bridgehead atoms. The van der Waals surface area contributed by atoms with Crippen molar-refractivity contribution < 1.29 is 9.00 Å². The number of amides is 1. The lowest BCUT2D eigenvalue weighted by molar-refractivity contribution is -0.119. The molecule has 2 unspecified atom stereocenters. The second-order valence-corrected chi connectivity index (χ2v) is 4.18. The number of hydrogen-bond acceptors (Lipinski definition) is 4. The van der Waals surface area contributed by atoms with E-state index in [0.717, 1.165) is 0 Å². The Bertz CT molecular complexity index is 363. The highest BCUT2D eigenvalue weighted by Gasteiger charge is 2.13. The Balaban J connectivity index is 2.94. The van der Waals surface area contributed by atoms with Crippen LogP contribution in [0.3, 0.4) is 0 Å². The predicted molar refractivity (Wildman–Crippen MR) is 52.0 cm³/mol. The van der Waals surface area contributed by atoms with Gasteiger partial charge in [-0.2, -0.15) is 0 Å². The average Bonchev–Trinajstić information content (AvgIpc) is 2.16. The number of carbonyl (C=O) groups excluding carboxylic acids is 1. The van der Waals surface area contributed by atoms with E-state index in [2.05, 4.69) is 9.97 Å². The van der Waals surface area contributed by atoms with Gasteiger partial charge in [0.1, 0.15) is 5.03 Å². The fraction of sp³-hybridized carbons (Fsp3) is 0.375. The fourth-order valence-electron chi connectivity index (χ4n) is 0.844. The Hall–Kier alpha value is -1.30. The van der Waals surface area contributed by atoms with Crippen LogP contribution in [-0.4, -0.2) is 26.3 Å².